The summed E-state index contributed by atoms with van der Waals surface area (Å²) in [7, 11) is -3.64. The van der Waals surface area contributed by atoms with Crippen LogP contribution in [0.4, 0.5) is 5.13 Å². The number of sulfonamides is 1. The van der Waals surface area contributed by atoms with Crippen molar-refractivity contribution in [3.05, 3.63) is 53.6 Å². The fraction of sp³-hybridized carbons (Fsp3) is 0.300. The van der Waals surface area contributed by atoms with E-state index in [4.69, 9.17) is 4.74 Å². The SMILES string of the molecule is Cc1ccc2nc(NCC(=O)c3cccc(S(=O)(=O)N4CCOCC4)c3)sc2c1. The Kier molecular flexibility index (Phi) is 5.64. The van der Waals surface area contributed by atoms with Crippen LogP contribution >= 0.6 is 11.3 Å². The Balaban J connectivity index is 1.47. The first-order chi connectivity index (χ1) is 13.9. The minimum Gasteiger partial charge on any atom is -0.379 e. The molecule has 1 saturated heterocycles. The van der Waals surface area contributed by atoms with Gasteiger partial charge in [0.25, 0.3) is 0 Å². The molecule has 1 aliphatic rings. The number of thiazole rings is 1. The molecule has 4 rings (SSSR count). The Morgan fingerprint density at radius 3 is 2.79 bits per heavy atom. The van der Waals surface area contributed by atoms with Gasteiger partial charge in [0.15, 0.2) is 10.9 Å². The van der Waals surface area contributed by atoms with E-state index >= 15 is 0 Å². The van der Waals surface area contributed by atoms with Gasteiger partial charge in [-0.05, 0) is 36.8 Å². The molecule has 0 spiro atoms. The van der Waals surface area contributed by atoms with Crippen LogP contribution in [0, 0.1) is 6.92 Å². The average Bonchev–Trinajstić information content (AvgIpc) is 3.14. The summed E-state index contributed by atoms with van der Waals surface area (Å²) in [6.07, 6.45) is 0. The van der Waals surface area contributed by atoms with Crippen LogP contribution in [0.3, 0.4) is 0 Å². The van der Waals surface area contributed by atoms with E-state index in [9.17, 15) is 13.2 Å². The van der Waals surface area contributed by atoms with E-state index in [1.54, 1.807) is 12.1 Å². The summed E-state index contributed by atoms with van der Waals surface area (Å²) in [6.45, 7) is 3.46. The number of ether oxygens (including phenoxy) is 1. The maximum Gasteiger partial charge on any atom is 0.243 e. The van der Waals surface area contributed by atoms with Crippen molar-refractivity contribution in [2.75, 3.05) is 38.2 Å². The van der Waals surface area contributed by atoms with Gasteiger partial charge in [0, 0.05) is 18.7 Å². The third-order valence-electron chi connectivity index (χ3n) is 4.71. The number of rotatable bonds is 6. The van der Waals surface area contributed by atoms with E-state index in [1.165, 1.54) is 27.8 Å². The number of morpholine rings is 1. The van der Waals surface area contributed by atoms with Gasteiger partial charge in [-0.3, -0.25) is 4.79 Å². The standard InChI is InChI=1S/C20H21N3O4S2/c1-14-5-6-17-19(11-14)28-20(22-17)21-13-18(24)15-3-2-4-16(12-15)29(25,26)23-7-9-27-10-8-23/h2-6,11-12H,7-10,13H2,1H3,(H,21,22). The van der Waals surface area contributed by atoms with Gasteiger partial charge >= 0.3 is 0 Å². The number of anilines is 1. The quantitative estimate of drug-likeness (QED) is 0.604. The largest absolute Gasteiger partial charge is 0.379 e. The third-order valence-corrected chi connectivity index (χ3v) is 7.58. The molecule has 0 amide bonds. The van der Waals surface area contributed by atoms with Crippen molar-refractivity contribution < 1.29 is 17.9 Å². The number of hydrogen-bond acceptors (Lipinski definition) is 7. The fourth-order valence-corrected chi connectivity index (χ4v) is 5.55. The van der Waals surface area contributed by atoms with Crippen molar-refractivity contribution in [2.45, 2.75) is 11.8 Å². The topological polar surface area (TPSA) is 88.6 Å². The molecule has 152 valence electrons. The van der Waals surface area contributed by atoms with Crippen LogP contribution in [0.2, 0.25) is 0 Å². The van der Waals surface area contributed by atoms with Gasteiger partial charge in [-0.2, -0.15) is 4.31 Å². The summed E-state index contributed by atoms with van der Waals surface area (Å²) in [5.41, 5.74) is 2.39. The summed E-state index contributed by atoms with van der Waals surface area (Å²) < 4.78 is 33.3. The number of carbonyl (C=O) groups is 1. The predicted molar refractivity (Wildman–Crippen MR) is 113 cm³/mol. The first kappa shape index (κ1) is 20.0. The molecule has 0 unspecified atom stereocenters. The number of Topliss-reactive ketones (excluding diaryl/α,β-unsaturated/α-hetero) is 1. The van der Waals surface area contributed by atoms with Crippen molar-refractivity contribution in [3.8, 4) is 0 Å². The number of aromatic nitrogens is 1. The van der Waals surface area contributed by atoms with Gasteiger partial charge in [0.05, 0.1) is 34.9 Å². The highest BCUT2D eigenvalue weighted by atomic mass is 32.2. The van der Waals surface area contributed by atoms with E-state index in [0.29, 0.717) is 37.0 Å². The molecule has 1 aliphatic heterocycles. The van der Waals surface area contributed by atoms with Crippen LogP contribution in [-0.4, -0.2) is 56.3 Å². The van der Waals surface area contributed by atoms with E-state index in [1.807, 2.05) is 19.1 Å². The maximum absolute atomic E-state index is 12.8. The molecule has 1 aromatic heterocycles. The average molecular weight is 432 g/mol. The molecule has 1 fully saturated rings. The van der Waals surface area contributed by atoms with Crippen molar-refractivity contribution in [1.82, 2.24) is 9.29 Å². The highest BCUT2D eigenvalue weighted by Crippen LogP contribution is 2.26. The van der Waals surface area contributed by atoms with Crippen molar-refractivity contribution in [3.63, 3.8) is 0 Å². The molecular formula is C20H21N3O4S2. The Morgan fingerprint density at radius 1 is 1.21 bits per heavy atom. The number of hydrogen-bond donors (Lipinski definition) is 1. The number of ketones is 1. The van der Waals surface area contributed by atoms with E-state index in [2.05, 4.69) is 16.4 Å². The first-order valence-corrected chi connectivity index (χ1v) is 11.5. The molecular weight excluding hydrogens is 410 g/mol. The highest BCUT2D eigenvalue weighted by molar-refractivity contribution is 7.89. The molecule has 0 aliphatic carbocycles. The summed E-state index contributed by atoms with van der Waals surface area (Å²) in [5, 5.41) is 3.72. The van der Waals surface area contributed by atoms with Crippen LogP contribution in [0.5, 0.6) is 0 Å². The number of nitrogens with one attached hydrogen (secondary N) is 1. The Morgan fingerprint density at radius 2 is 2.00 bits per heavy atom. The minimum atomic E-state index is -3.64. The molecule has 2 aromatic carbocycles. The molecule has 29 heavy (non-hydrogen) atoms. The number of carbonyl (C=O) groups excluding carboxylic acids is 1. The molecule has 2 heterocycles. The van der Waals surface area contributed by atoms with Crippen molar-refractivity contribution in [1.29, 1.82) is 0 Å². The van der Waals surface area contributed by atoms with Crippen molar-refractivity contribution in [2.24, 2.45) is 0 Å². The Bertz CT molecular complexity index is 1150. The summed E-state index contributed by atoms with van der Waals surface area (Å²) in [5.74, 6) is -0.195. The summed E-state index contributed by atoms with van der Waals surface area (Å²) >= 11 is 1.49. The van der Waals surface area contributed by atoms with Crippen molar-refractivity contribution >= 4 is 42.5 Å². The molecule has 1 N–H and O–H groups in total. The molecule has 0 bridgehead atoms. The third kappa shape index (κ3) is 4.32. The van der Waals surface area contributed by atoms with Crippen LogP contribution in [-0.2, 0) is 14.8 Å². The Labute approximate surface area is 173 Å². The molecule has 0 saturated carbocycles. The van der Waals surface area contributed by atoms with Gasteiger partial charge in [0.1, 0.15) is 0 Å². The number of fused-ring (bicyclic) bond motifs is 1. The maximum atomic E-state index is 12.8. The van der Waals surface area contributed by atoms with Gasteiger partial charge in [-0.15, -0.1) is 0 Å². The van der Waals surface area contributed by atoms with Crippen LogP contribution in [0.25, 0.3) is 10.2 Å². The smallest absolute Gasteiger partial charge is 0.243 e. The van der Waals surface area contributed by atoms with E-state index in [0.717, 1.165) is 15.8 Å². The minimum absolute atomic E-state index is 0.0415. The lowest BCUT2D eigenvalue weighted by atomic mass is 10.1. The van der Waals surface area contributed by atoms with E-state index < -0.39 is 10.0 Å². The zero-order valence-electron chi connectivity index (χ0n) is 15.9. The Hall–Kier alpha value is -2.33. The summed E-state index contributed by atoms with van der Waals surface area (Å²) in [4.78, 5) is 17.2. The molecule has 0 atom stereocenters. The number of benzene rings is 2. The summed E-state index contributed by atoms with van der Waals surface area (Å²) in [6, 6.07) is 12.2. The zero-order chi connectivity index (χ0) is 20.4. The van der Waals surface area contributed by atoms with Crippen LogP contribution in [0.1, 0.15) is 15.9 Å². The van der Waals surface area contributed by atoms with Gasteiger partial charge in [-0.1, -0.05) is 29.5 Å². The molecule has 0 radical (unpaired) electrons. The van der Waals surface area contributed by atoms with Gasteiger partial charge in [-0.25, -0.2) is 13.4 Å². The van der Waals surface area contributed by atoms with Gasteiger partial charge in [0.2, 0.25) is 10.0 Å². The van der Waals surface area contributed by atoms with Crippen LogP contribution in [0.15, 0.2) is 47.4 Å². The zero-order valence-corrected chi connectivity index (χ0v) is 17.6. The lowest BCUT2D eigenvalue weighted by Gasteiger charge is -2.26. The van der Waals surface area contributed by atoms with Crippen LogP contribution < -0.4 is 5.32 Å². The molecule has 7 nitrogen and oxygen atoms in total. The second kappa shape index (κ2) is 8.19. The fourth-order valence-electron chi connectivity index (χ4n) is 3.13. The van der Waals surface area contributed by atoms with E-state index in [-0.39, 0.29) is 17.2 Å². The number of aryl methyl sites for hydroxylation is 1. The molecule has 9 heteroatoms. The second-order valence-corrected chi connectivity index (χ2v) is 9.78. The van der Waals surface area contributed by atoms with Gasteiger partial charge < -0.3 is 10.1 Å². The normalized spacial score (nSPS) is 15.5. The predicted octanol–water partition coefficient (Wildman–Crippen LogP) is 2.92. The second-order valence-electron chi connectivity index (χ2n) is 6.81. The first-order valence-electron chi connectivity index (χ1n) is 9.26. The monoisotopic (exact) mass is 431 g/mol. The highest BCUT2D eigenvalue weighted by Gasteiger charge is 2.26. The molecule has 3 aromatic rings. The lowest BCUT2D eigenvalue weighted by molar-refractivity contribution is 0.0730. The number of nitrogens with zero attached hydrogens (tertiary/aromatic N) is 2. The lowest BCUT2D eigenvalue weighted by Crippen LogP contribution is -2.40.